The molecule has 0 spiro atoms. The van der Waals surface area contributed by atoms with Crippen molar-refractivity contribution < 1.29 is 14.4 Å². The molecule has 0 atom stereocenters. The first-order chi connectivity index (χ1) is 12.4. The van der Waals surface area contributed by atoms with E-state index in [0.29, 0.717) is 28.6 Å². The Morgan fingerprint density at radius 2 is 1.77 bits per heavy atom. The molecule has 0 aliphatic rings. The van der Waals surface area contributed by atoms with Crippen LogP contribution in [0.5, 0.6) is 0 Å². The number of benzene rings is 1. The molecule has 2 aromatic rings. The monoisotopic (exact) mass is 372 g/mol. The molecule has 26 heavy (non-hydrogen) atoms. The summed E-state index contributed by atoms with van der Waals surface area (Å²) in [5, 5.41) is 5.59. The van der Waals surface area contributed by atoms with Crippen molar-refractivity contribution in [2.45, 2.75) is 33.6 Å². The quantitative estimate of drug-likeness (QED) is 0.687. The molecule has 0 saturated heterocycles. The molecule has 0 saturated carbocycles. The molecule has 1 aromatic carbocycles. The van der Waals surface area contributed by atoms with Crippen molar-refractivity contribution in [1.29, 1.82) is 0 Å². The van der Waals surface area contributed by atoms with E-state index in [2.05, 4.69) is 10.6 Å². The number of anilines is 1. The molecular formula is C20H24N2O3S. The summed E-state index contributed by atoms with van der Waals surface area (Å²) in [6.07, 6.45) is 0.227. The molecule has 0 radical (unpaired) electrons. The molecule has 1 aromatic heterocycles. The zero-order valence-corrected chi connectivity index (χ0v) is 16.1. The van der Waals surface area contributed by atoms with Crippen molar-refractivity contribution in [2.24, 2.45) is 5.92 Å². The Kier molecular flexibility index (Phi) is 7.09. The van der Waals surface area contributed by atoms with Gasteiger partial charge >= 0.3 is 0 Å². The molecule has 0 aliphatic carbocycles. The summed E-state index contributed by atoms with van der Waals surface area (Å²) >= 11 is 1.43. The molecule has 2 amide bonds. The highest BCUT2D eigenvalue weighted by Gasteiger charge is 2.15. The maximum absolute atomic E-state index is 12.3. The molecule has 1 heterocycles. The van der Waals surface area contributed by atoms with E-state index in [1.54, 1.807) is 30.3 Å². The van der Waals surface area contributed by atoms with Crippen LogP contribution in [0.1, 0.15) is 51.6 Å². The Morgan fingerprint density at radius 3 is 2.42 bits per heavy atom. The van der Waals surface area contributed by atoms with E-state index in [9.17, 15) is 14.4 Å². The number of carbonyl (C=O) groups is 3. The summed E-state index contributed by atoms with van der Waals surface area (Å²) < 4.78 is 0. The minimum absolute atomic E-state index is 0.0405. The molecule has 0 aliphatic heterocycles. The van der Waals surface area contributed by atoms with Gasteiger partial charge in [0, 0.05) is 24.3 Å². The molecule has 5 nitrogen and oxygen atoms in total. The molecule has 2 rings (SSSR count). The minimum Gasteiger partial charge on any atom is -0.352 e. The fourth-order valence-corrected chi connectivity index (χ4v) is 3.16. The summed E-state index contributed by atoms with van der Waals surface area (Å²) in [6, 6.07) is 10.5. The first-order valence-corrected chi connectivity index (χ1v) is 9.45. The summed E-state index contributed by atoms with van der Waals surface area (Å²) in [5.74, 6) is -0.204. The van der Waals surface area contributed by atoms with Crippen LogP contribution in [-0.2, 0) is 4.79 Å². The second kappa shape index (κ2) is 9.29. The number of aryl methyl sites for hydroxylation is 1. The number of nitrogens with one attached hydrogen (secondary N) is 2. The topological polar surface area (TPSA) is 75.3 Å². The molecule has 138 valence electrons. The van der Waals surface area contributed by atoms with E-state index in [1.165, 1.54) is 11.3 Å². The molecule has 0 fully saturated rings. The van der Waals surface area contributed by atoms with Gasteiger partial charge in [0.05, 0.1) is 16.1 Å². The largest absolute Gasteiger partial charge is 0.352 e. The van der Waals surface area contributed by atoms with Gasteiger partial charge in [-0.1, -0.05) is 26.0 Å². The smallest absolute Gasteiger partial charge is 0.253 e. The summed E-state index contributed by atoms with van der Waals surface area (Å²) in [4.78, 5) is 38.3. The fraction of sp³-hybridized carbons (Fsp3) is 0.350. The van der Waals surface area contributed by atoms with Crippen molar-refractivity contribution in [2.75, 3.05) is 11.9 Å². The third-order valence-corrected chi connectivity index (χ3v) is 4.75. The maximum Gasteiger partial charge on any atom is 0.253 e. The lowest BCUT2D eigenvalue weighted by atomic mass is 10.1. The van der Waals surface area contributed by atoms with Crippen molar-refractivity contribution in [3.63, 3.8) is 0 Å². The van der Waals surface area contributed by atoms with Gasteiger partial charge in [-0.25, -0.2) is 0 Å². The molecule has 0 bridgehead atoms. The number of hydrogen-bond acceptors (Lipinski definition) is 4. The van der Waals surface area contributed by atoms with Crippen LogP contribution in [0.15, 0.2) is 36.4 Å². The lowest BCUT2D eigenvalue weighted by molar-refractivity contribution is -0.116. The highest BCUT2D eigenvalue weighted by atomic mass is 32.1. The van der Waals surface area contributed by atoms with Crippen LogP contribution < -0.4 is 10.6 Å². The van der Waals surface area contributed by atoms with Gasteiger partial charge in [0.15, 0.2) is 5.78 Å². The highest BCUT2D eigenvalue weighted by molar-refractivity contribution is 7.14. The van der Waals surface area contributed by atoms with Gasteiger partial charge in [-0.05, 0) is 37.1 Å². The number of para-hydroxylation sites is 1. The molecule has 2 N–H and O–H groups in total. The van der Waals surface area contributed by atoms with Crippen LogP contribution in [0.4, 0.5) is 5.69 Å². The lowest BCUT2D eigenvalue weighted by Gasteiger charge is -2.12. The number of ketones is 1. The number of Topliss-reactive ketones (excluding diaryl/α,β-unsaturated/α-hetero) is 1. The second-order valence-electron chi connectivity index (χ2n) is 6.53. The first-order valence-electron chi connectivity index (χ1n) is 8.63. The molecule has 0 unspecified atom stereocenters. The average Bonchev–Trinajstić information content (AvgIpc) is 3.04. The molecule has 6 heteroatoms. The van der Waals surface area contributed by atoms with E-state index in [4.69, 9.17) is 0 Å². The van der Waals surface area contributed by atoms with Gasteiger partial charge in [0.1, 0.15) is 0 Å². The number of carbonyl (C=O) groups excluding carboxylic acids is 3. The number of amides is 2. The third kappa shape index (κ3) is 5.81. The Morgan fingerprint density at radius 1 is 1.04 bits per heavy atom. The third-order valence-electron chi connectivity index (χ3n) is 3.71. The fourth-order valence-electron chi connectivity index (χ4n) is 2.33. The highest BCUT2D eigenvalue weighted by Crippen LogP contribution is 2.19. The predicted octanol–water partition coefficient (Wildman–Crippen LogP) is 4.04. The lowest BCUT2D eigenvalue weighted by Crippen LogP contribution is -2.28. The van der Waals surface area contributed by atoms with E-state index in [-0.39, 0.29) is 30.4 Å². The Hall–Kier alpha value is -2.47. The zero-order chi connectivity index (χ0) is 19.1. The van der Waals surface area contributed by atoms with Gasteiger partial charge in [-0.2, -0.15) is 0 Å². The predicted molar refractivity (Wildman–Crippen MR) is 105 cm³/mol. The van der Waals surface area contributed by atoms with Crippen molar-refractivity contribution in [3.8, 4) is 0 Å². The van der Waals surface area contributed by atoms with Crippen LogP contribution in [0.3, 0.4) is 0 Å². The standard InChI is InChI=1S/C20H24N2O3S/c1-13(2)12-21-20(25)15-6-4-5-7-16(15)22-19(24)11-9-17(23)18-10-8-14(3)26-18/h4-8,10,13H,9,11-12H2,1-3H3,(H,21,25)(H,22,24). The summed E-state index contributed by atoms with van der Waals surface area (Å²) in [6.45, 7) is 6.53. The SMILES string of the molecule is Cc1ccc(C(=O)CCC(=O)Nc2ccccc2C(=O)NCC(C)C)s1. The van der Waals surface area contributed by atoms with E-state index in [0.717, 1.165) is 4.88 Å². The van der Waals surface area contributed by atoms with Gasteiger partial charge < -0.3 is 10.6 Å². The first kappa shape index (κ1) is 19.8. The van der Waals surface area contributed by atoms with E-state index < -0.39 is 0 Å². The van der Waals surface area contributed by atoms with Crippen LogP contribution in [-0.4, -0.2) is 24.1 Å². The van der Waals surface area contributed by atoms with E-state index >= 15 is 0 Å². The number of thiophene rings is 1. The Balaban J connectivity index is 1.94. The molecular weight excluding hydrogens is 348 g/mol. The second-order valence-corrected chi connectivity index (χ2v) is 7.82. The number of rotatable bonds is 8. The average molecular weight is 372 g/mol. The van der Waals surface area contributed by atoms with Crippen LogP contribution in [0, 0.1) is 12.8 Å². The Labute approximate surface area is 157 Å². The minimum atomic E-state index is -0.282. The van der Waals surface area contributed by atoms with E-state index in [1.807, 2.05) is 26.8 Å². The van der Waals surface area contributed by atoms with Gasteiger partial charge in [-0.3, -0.25) is 14.4 Å². The summed E-state index contributed by atoms with van der Waals surface area (Å²) in [7, 11) is 0. The maximum atomic E-state index is 12.3. The van der Waals surface area contributed by atoms with Crippen molar-refractivity contribution in [1.82, 2.24) is 5.32 Å². The van der Waals surface area contributed by atoms with Crippen LogP contribution in [0.25, 0.3) is 0 Å². The van der Waals surface area contributed by atoms with Gasteiger partial charge in [-0.15, -0.1) is 11.3 Å². The van der Waals surface area contributed by atoms with Crippen LogP contribution in [0.2, 0.25) is 0 Å². The zero-order valence-electron chi connectivity index (χ0n) is 15.3. The normalized spacial score (nSPS) is 10.6. The number of hydrogen-bond donors (Lipinski definition) is 2. The van der Waals surface area contributed by atoms with Crippen molar-refractivity contribution >= 4 is 34.6 Å². The van der Waals surface area contributed by atoms with Gasteiger partial charge in [0.2, 0.25) is 5.91 Å². The summed E-state index contributed by atoms with van der Waals surface area (Å²) in [5.41, 5.74) is 0.875. The van der Waals surface area contributed by atoms with Crippen molar-refractivity contribution in [3.05, 3.63) is 51.7 Å². The Bertz CT molecular complexity index is 796. The van der Waals surface area contributed by atoms with Crippen LogP contribution >= 0.6 is 11.3 Å². The van der Waals surface area contributed by atoms with Gasteiger partial charge in [0.25, 0.3) is 5.91 Å².